The predicted octanol–water partition coefficient (Wildman–Crippen LogP) is 0.820. The Morgan fingerprint density at radius 2 is 2.28 bits per heavy atom. The van der Waals surface area contributed by atoms with Gasteiger partial charge in [0.05, 0.1) is 6.54 Å². The number of nitrogens with zero attached hydrogens (tertiary/aromatic N) is 5. The normalized spacial score (nSPS) is 16.2. The van der Waals surface area contributed by atoms with E-state index in [0.717, 1.165) is 38.3 Å². The molecule has 0 aromatic carbocycles. The van der Waals surface area contributed by atoms with Crippen molar-refractivity contribution in [3.63, 3.8) is 0 Å². The van der Waals surface area contributed by atoms with Gasteiger partial charge in [0.25, 0.3) is 0 Å². The molecule has 1 heterocycles. The minimum atomic E-state index is 0.253. The van der Waals surface area contributed by atoms with E-state index in [-0.39, 0.29) is 6.61 Å². The van der Waals surface area contributed by atoms with Crippen LogP contribution >= 0.6 is 0 Å². The first-order chi connectivity index (χ1) is 8.85. The number of rotatable bonds is 8. The zero-order valence-corrected chi connectivity index (χ0v) is 11.1. The average Bonchev–Trinajstić information content (AvgIpc) is 2.72. The Balaban J connectivity index is 1.95. The zero-order valence-electron chi connectivity index (χ0n) is 11.1. The van der Waals surface area contributed by atoms with Gasteiger partial charge in [-0.15, -0.1) is 5.10 Å². The van der Waals surface area contributed by atoms with Crippen LogP contribution in [-0.4, -0.2) is 49.4 Å². The lowest BCUT2D eigenvalue weighted by Gasteiger charge is -2.37. The third-order valence-corrected chi connectivity index (χ3v) is 3.58. The largest absolute Gasteiger partial charge is 0.396 e. The molecule has 102 valence electrons. The Morgan fingerprint density at radius 3 is 2.89 bits per heavy atom. The van der Waals surface area contributed by atoms with E-state index in [0.29, 0.717) is 6.04 Å². The van der Waals surface area contributed by atoms with Gasteiger partial charge in [-0.3, -0.25) is 4.90 Å². The van der Waals surface area contributed by atoms with E-state index in [1.165, 1.54) is 19.3 Å². The quantitative estimate of drug-likeness (QED) is 0.743. The lowest BCUT2D eigenvalue weighted by Crippen LogP contribution is -2.41. The van der Waals surface area contributed by atoms with Crippen molar-refractivity contribution in [2.24, 2.45) is 0 Å². The number of aliphatic hydroxyl groups excluding tert-OH is 1. The van der Waals surface area contributed by atoms with Crippen molar-refractivity contribution in [2.75, 3.05) is 13.2 Å². The van der Waals surface area contributed by atoms with Gasteiger partial charge in [-0.1, -0.05) is 13.3 Å². The highest BCUT2D eigenvalue weighted by atomic mass is 16.3. The van der Waals surface area contributed by atoms with Crippen LogP contribution in [0.2, 0.25) is 0 Å². The number of tetrazole rings is 1. The third-order valence-electron chi connectivity index (χ3n) is 3.58. The number of aryl methyl sites for hydroxylation is 1. The van der Waals surface area contributed by atoms with Gasteiger partial charge in [0.1, 0.15) is 0 Å². The maximum atomic E-state index is 8.98. The lowest BCUT2D eigenvalue weighted by atomic mass is 9.91. The Bertz CT molecular complexity index is 350. The zero-order chi connectivity index (χ0) is 12.8. The molecule has 2 rings (SSSR count). The van der Waals surface area contributed by atoms with E-state index in [1.54, 1.807) is 0 Å². The minimum absolute atomic E-state index is 0.253. The molecule has 1 aromatic rings. The van der Waals surface area contributed by atoms with E-state index in [1.807, 2.05) is 4.68 Å². The van der Waals surface area contributed by atoms with Crippen LogP contribution in [0.4, 0.5) is 0 Å². The number of hydrogen-bond acceptors (Lipinski definition) is 5. The fourth-order valence-corrected chi connectivity index (χ4v) is 2.32. The molecule has 0 unspecified atom stereocenters. The van der Waals surface area contributed by atoms with Gasteiger partial charge in [-0.25, -0.2) is 4.68 Å². The summed E-state index contributed by atoms with van der Waals surface area (Å²) in [5.41, 5.74) is 0. The second-order valence-electron chi connectivity index (χ2n) is 4.95. The molecule has 0 saturated heterocycles. The average molecular weight is 253 g/mol. The van der Waals surface area contributed by atoms with Gasteiger partial charge in [0, 0.05) is 25.7 Å². The van der Waals surface area contributed by atoms with Crippen LogP contribution in [0.15, 0.2) is 0 Å². The second kappa shape index (κ2) is 6.80. The van der Waals surface area contributed by atoms with Gasteiger partial charge < -0.3 is 5.11 Å². The highest BCUT2D eigenvalue weighted by molar-refractivity contribution is 4.87. The first-order valence-corrected chi connectivity index (χ1v) is 6.95. The van der Waals surface area contributed by atoms with Crippen LogP contribution in [0.1, 0.15) is 44.9 Å². The Morgan fingerprint density at radius 1 is 1.44 bits per heavy atom. The fraction of sp³-hybridized carbons (Fsp3) is 0.917. The lowest BCUT2D eigenvalue weighted by molar-refractivity contribution is 0.105. The number of aromatic nitrogens is 4. The highest BCUT2D eigenvalue weighted by Gasteiger charge is 2.25. The van der Waals surface area contributed by atoms with E-state index in [4.69, 9.17) is 5.11 Å². The van der Waals surface area contributed by atoms with E-state index >= 15 is 0 Å². The van der Waals surface area contributed by atoms with Crippen molar-refractivity contribution < 1.29 is 5.11 Å². The van der Waals surface area contributed by atoms with Crippen molar-refractivity contribution >= 4 is 0 Å². The van der Waals surface area contributed by atoms with Gasteiger partial charge in [0.15, 0.2) is 5.82 Å². The molecular weight excluding hydrogens is 230 g/mol. The summed E-state index contributed by atoms with van der Waals surface area (Å²) in [6, 6.07) is 0.656. The Labute approximate surface area is 108 Å². The molecule has 0 bridgehead atoms. The van der Waals surface area contributed by atoms with Crippen molar-refractivity contribution in [3.05, 3.63) is 5.82 Å². The molecule has 1 aliphatic rings. The second-order valence-corrected chi connectivity index (χ2v) is 4.95. The highest BCUT2D eigenvalue weighted by Crippen LogP contribution is 2.25. The molecule has 0 radical (unpaired) electrons. The maximum absolute atomic E-state index is 8.98. The predicted molar refractivity (Wildman–Crippen MR) is 67.9 cm³/mol. The van der Waals surface area contributed by atoms with Crippen LogP contribution in [-0.2, 0) is 13.1 Å². The third kappa shape index (κ3) is 3.26. The Kier molecular flexibility index (Phi) is 5.07. The molecule has 1 aliphatic carbocycles. The van der Waals surface area contributed by atoms with Gasteiger partial charge in [-0.2, -0.15) is 0 Å². The molecular formula is C12H23N5O. The molecule has 6 heteroatoms. The number of aliphatic hydroxyl groups is 1. The molecule has 0 amide bonds. The molecule has 0 spiro atoms. The molecule has 6 nitrogen and oxygen atoms in total. The summed E-state index contributed by atoms with van der Waals surface area (Å²) in [4.78, 5) is 2.41. The van der Waals surface area contributed by atoms with Crippen molar-refractivity contribution in [2.45, 2.75) is 58.2 Å². The molecule has 1 saturated carbocycles. The van der Waals surface area contributed by atoms with E-state index < -0.39 is 0 Å². The first kappa shape index (κ1) is 13.4. The molecule has 1 aromatic heterocycles. The van der Waals surface area contributed by atoms with Crippen LogP contribution in [0.3, 0.4) is 0 Å². The van der Waals surface area contributed by atoms with Crippen LogP contribution in [0, 0.1) is 0 Å². The van der Waals surface area contributed by atoms with Crippen LogP contribution in [0.5, 0.6) is 0 Å². The summed E-state index contributed by atoms with van der Waals surface area (Å²) in [7, 11) is 0. The van der Waals surface area contributed by atoms with Crippen molar-refractivity contribution in [1.82, 2.24) is 25.1 Å². The summed E-state index contributed by atoms with van der Waals surface area (Å²) in [5, 5.41) is 20.9. The topological polar surface area (TPSA) is 67.1 Å². The summed E-state index contributed by atoms with van der Waals surface area (Å²) in [6.45, 7) is 4.99. The smallest absolute Gasteiger partial charge is 0.165 e. The summed E-state index contributed by atoms with van der Waals surface area (Å²) >= 11 is 0. The minimum Gasteiger partial charge on any atom is -0.396 e. The van der Waals surface area contributed by atoms with Gasteiger partial charge >= 0.3 is 0 Å². The Hall–Kier alpha value is -1.01. The van der Waals surface area contributed by atoms with Gasteiger partial charge in [0.2, 0.25) is 0 Å². The summed E-state index contributed by atoms with van der Waals surface area (Å²) in [6.07, 6.45) is 5.71. The molecule has 0 atom stereocenters. The fourth-order valence-electron chi connectivity index (χ4n) is 2.32. The number of hydrogen-bond donors (Lipinski definition) is 1. The van der Waals surface area contributed by atoms with E-state index in [9.17, 15) is 0 Å². The first-order valence-electron chi connectivity index (χ1n) is 6.95. The standard InChI is InChI=1S/C12H23N5O/c1-2-7-17-12(13-14-15-17)10-16(8-4-9-18)11-5-3-6-11/h11,18H,2-10H2,1H3. The van der Waals surface area contributed by atoms with Gasteiger partial charge in [-0.05, 0) is 36.1 Å². The molecule has 0 aliphatic heterocycles. The molecule has 1 N–H and O–H groups in total. The monoisotopic (exact) mass is 253 g/mol. The van der Waals surface area contributed by atoms with Crippen LogP contribution in [0.25, 0.3) is 0 Å². The molecule has 1 fully saturated rings. The van der Waals surface area contributed by atoms with Crippen molar-refractivity contribution in [1.29, 1.82) is 0 Å². The molecule has 18 heavy (non-hydrogen) atoms. The summed E-state index contributed by atoms with van der Waals surface area (Å²) < 4.78 is 1.89. The van der Waals surface area contributed by atoms with Crippen LogP contribution < -0.4 is 0 Å². The summed E-state index contributed by atoms with van der Waals surface area (Å²) in [5.74, 6) is 0.946. The SMILES string of the molecule is CCCn1nnnc1CN(CCCO)C1CCC1. The van der Waals surface area contributed by atoms with Crippen molar-refractivity contribution in [3.8, 4) is 0 Å². The maximum Gasteiger partial charge on any atom is 0.165 e. The van der Waals surface area contributed by atoms with E-state index in [2.05, 4.69) is 27.3 Å².